The average molecular weight is 592 g/mol. The zero-order chi connectivity index (χ0) is 32.7. The van der Waals surface area contributed by atoms with Gasteiger partial charge in [0.15, 0.2) is 5.88 Å². The van der Waals surface area contributed by atoms with E-state index in [0.717, 1.165) is 30.5 Å². The van der Waals surface area contributed by atoms with Crippen molar-refractivity contribution in [2.75, 3.05) is 11.9 Å². The van der Waals surface area contributed by atoms with Gasteiger partial charge in [-0.3, -0.25) is 0 Å². The third kappa shape index (κ3) is 11.5. The Balaban J connectivity index is 0.000000551. The van der Waals surface area contributed by atoms with Crippen LogP contribution in [0.2, 0.25) is 0 Å². The predicted octanol–water partition coefficient (Wildman–Crippen LogP) is 9.45. The Labute approximate surface area is 261 Å². The lowest BCUT2D eigenvalue weighted by Gasteiger charge is -2.21. The van der Waals surface area contributed by atoms with Gasteiger partial charge in [0.2, 0.25) is 0 Å². The zero-order valence-electron chi connectivity index (χ0n) is 28.0. The van der Waals surface area contributed by atoms with Crippen LogP contribution in [0.25, 0.3) is 22.3 Å². The third-order valence-corrected chi connectivity index (χ3v) is 8.24. The van der Waals surface area contributed by atoms with Crippen molar-refractivity contribution >= 4 is 5.69 Å². The first-order chi connectivity index (χ1) is 20.4. The topological polar surface area (TPSA) is 93.0 Å². The van der Waals surface area contributed by atoms with Gasteiger partial charge in [-0.05, 0) is 109 Å². The van der Waals surface area contributed by atoms with Crippen LogP contribution in [0.4, 0.5) is 5.69 Å². The van der Waals surface area contributed by atoms with Crippen molar-refractivity contribution < 1.29 is 20.4 Å². The van der Waals surface area contributed by atoms with Crippen LogP contribution in [0.1, 0.15) is 95.4 Å². The Hall–Kier alpha value is -3.12. The maximum Gasteiger partial charge on any atom is 0.181 e. The molecule has 5 N–H and O–H groups in total. The summed E-state index contributed by atoms with van der Waals surface area (Å²) in [4.78, 5) is 0. The molecule has 0 radical (unpaired) electrons. The molecule has 238 valence electrons. The normalized spacial score (nSPS) is 13.4. The summed E-state index contributed by atoms with van der Waals surface area (Å²) in [6.45, 7) is 22.4. The minimum atomic E-state index is -0.546. The summed E-state index contributed by atoms with van der Waals surface area (Å²) >= 11 is 0. The molecule has 2 unspecified atom stereocenters. The lowest BCUT2D eigenvalue weighted by atomic mass is 9.90. The molecule has 43 heavy (non-hydrogen) atoms. The molecule has 3 rings (SSSR count). The van der Waals surface area contributed by atoms with E-state index >= 15 is 0 Å². The summed E-state index contributed by atoms with van der Waals surface area (Å²) in [6.07, 6.45) is 2.49. The van der Waals surface area contributed by atoms with E-state index in [1.54, 1.807) is 0 Å². The minimum absolute atomic E-state index is 0.0386. The molecule has 0 aromatic heterocycles. The van der Waals surface area contributed by atoms with E-state index in [2.05, 4.69) is 101 Å². The molecule has 0 fully saturated rings. The van der Waals surface area contributed by atoms with Crippen molar-refractivity contribution in [3.05, 3.63) is 89.3 Å². The third-order valence-electron chi connectivity index (χ3n) is 8.24. The van der Waals surface area contributed by atoms with Gasteiger partial charge in [0.25, 0.3) is 0 Å². The Morgan fingerprint density at radius 1 is 0.767 bits per heavy atom. The lowest BCUT2D eigenvalue weighted by Crippen LogP contribution is -2.31. The van der Waals surface area contributed by atoms with Crippen LogP contribution in [-0.2, 0) is 0 Å². The van der Waals surface area contributed by atoms with Gasteiger partial charge in [-0.2, -0.15) is 0 Å². The summed E-state index contributed by atoms with van der Waals surface area (Å²) in [6, 6.07) is 19.8. The molecule has 0 amide bonds. The van der Waals surface area contributed by atoms with Crippen LogP contribution in [0.3, 0.4) is 0 Å². The van der Waals surface area contributed by atoms with Crippen molar-refractivity contribution in [2.24, 2.45) is 5.92 Å². The van der Waals surface area contributed by atoms with E-state index in [0.29, 0.717) is 18.9 Å². The average Bonchev–Trinajstić information content (AvgIpc) is 3.02. The van der Waals surface area contributed by atoms with Crippen molar-refractivity contribution in [2.45, 2.75) is 106 Å². The van der Waals surface area contributed by atoms with Gasteiger partial charge in [0, 0.05) is 12.3 Å². The molecule has 4 atom stereocenters. The standard InChI is InChI=1S/C27H31NO.C8H18O2.C3H8O/c1-7-17(2)22-8-10-23(11-9-22)24-12-14-25(15-13-24)27-18(3)16-26(28-21(6)29)19(4)20(27)5;1-4-6(3)8(10)7(9)5-2;1-2-3-4/h8-17,28-29H,6-7H2,1-5H3;6-10H,4-5H2,1-3H3;4H,2-3H2,1H3/t;6-,7-,8?;/m.1./s1. The first-order valence-electron chi connectivity index (χ1n) is 15.8. The van der Waals surface area contributed by atoms with Crippen molar-refractivity contribution in [3.8, 4) is 22.3 Å². The molecule has 3 aromatic carbocycles. The molecule has 0 saturated heterocycles. The second-order valence-electron chi connectivity index (χ2n) is 11.5. The molecular weight excluding hydrogens is 534 g/mol. The fourth-order valence-electron chi connectivity index (χ4n) is 4.74. The Morgan fingerprint density at radius 2 is 1.26 bits per heavy atom. The smallest absolute Gasteiger partial charge is 0.181 e. The molecule has 0 saturated carbocycles. The van der Waals surface area contributed by atoms with Crippen LogP contribution in [0.15, 0.2) is 67.1 Å². The SMILES string of the molecule is C=C(O)Nc1cc(C)c(-c2ccc(-c3ccc(C(C)CC)cc3)cc2)c(C)c1C.CCCO.CC[C@@H](C)C(O)[C@H](O)CC. The molecule has 0 aliphatic heterocycles. The largest absolute Gasteiger partial charge is 0.495 e. The molecule has 0 aliphatic carbocycles. The molecule has 3 aromatic rings. The van der Waals surface area contributed by atoms with E-state index in [1.807, 2.05) is 27.7 Å². The van der Waals surface area contributed by atoms with Crippen LogP contribution >= 0.6 is 0 Å². The van der Waals surface area contributed by atoms with Crippen molar-refractivity contribution in [3.63, 3.8) is 0 Å². The van der Waals surface area contributed by atoms with Crippen LogP contribution < -0.4 is 5.32 Å². The van der Waals surface area contributed by atoms with E-state index in [-0.39, 0.29) is 11.8 Å². The van der Waals surface area contributed by atoms with E-state index in [9.17, 15) is 15.3 Å². The Morgan fingerprint density at radius 3 is 1.67 bits per heavy atom. The first-order valence-corrected chi connectivity index (χ1v) is 15.8. The van der Waals surface area contributed by atoms with Crippen LogP contribution in [0.5, 0.6) is 0 Å². The Bertz CT molecular complexity index is 1220. The zero-order valence-corrected chi connectivity index (χ0v) is 28.0. The van der Waals surface area contributed by atoms with Gasteiger partial charge in [0.1, 0.15) is 0 Å². The summed E-state index contributed by atoms with van der Waals surface area (Å²) in [5.41, 5.74) is 10.7. The highest BCUT2D eigenvalue weighted by atomic mass is 16.3. The second-order valence-corrected chi connectivity index (χ2v) is 11.5. The molecule has 0 spiro atoms. The number of rotatable bonds is 11. The molecule has 0 aliphatic rings. The molecule has 5 nitrogen and oxygen atoms in total. The number of nitrogens with one attached hydrogen (secondary N) is 1. The van der Waals surface area contributed by atoms with Gasteiger partial charge in [0.05, 0.1) is 12.2 Å². The fourth-order valence-corrected chi connectivity index (χ4v) is 4.74. The maximum atomic E-state index is 9.49. The molecule has 0 heterocycles. The number of hydrogen-bond donors (Lipinski definition) is 5. The van der Waals surface area contributed by atoms with Gasteiger partial charge >= 0.3 is 0 Å². The monoisotopic (exact) mass is 591 g/mol. The highest BCUT2D eigenvalue weighted by molar-refractivity contribution is 5.78. The number of aliphatic hydroxyl groups excluding tert-OH is 4. The molecule has 5 heteroatoms. The second kappa shape index (κ2) is 19.2. The summed E-state index contributed by atoms with van der Waals surface area (Å²) < 4.78 is 0. The number of anilines is 1. The highest BCUT2D eigenvalue weighted by Gasteiger charge is 2.19. The number of benzene rings is 3. The van der Waals surface area contributed by atoms with Crippen LogP contribution in [0, 0.1) is 26.7 Å². The van der Waals surface area contributed by atoms with E-state index < -0.39 is 12.2 Å². The van der Waals surface area contributed by atoms with E-state index in [4.69, 9.17) is 5.11 Å². The van der Waals surface area contributed by atoms with Gasteiger partial charge in [-0.25, -0.2) is 0 Å². The van der Waals surface area contributed by atoms with E-state index in [1.165, 1.54) is 38.9 Å². The van der Waals surface area contributed by atoms with Gasteiger partial charge < -0.3 is 25.7 Å². The molecular formula is C38H57NO4. The van der Waals surface area contributed by atoms with Crippen molar-refractivity contribution in [1.82, 2.24) is 0 Å². The summed E-state index contributed by atoms with van der Waals surface area (Å²) in [5, 5.41) is 38.8. The summed E-state index contributed by atoms with van der Waals surface area (Å²) in [7, 11) is 0. The number of aryl methyl sites for hydroxylation is 1. The number of hydrogen-bond acceptors (Lipinski definition) is 5. The minimum Gasteiger partial charge on any atom is -0.495 e. The highest BCUT2D eigenvalue weighted by Crippen LogP contribution is 2.35. The Kier molecular flexibility index (Phi) is 16.9. The first kappa shape index (κ1) is 37.9. The van der Waals surface area contributed by atoms with Crippen molar-refractivity contribution in [1.29, 1.82) is 0 Å². The molecule has 0 bridgehead atoms. The predicted molar refractivity (Wildman–Crippen MR) is 185 cm³/mol. The maximum absolute atomic E-state index is 9.49. The van der Waals surface area contributed by atoms with Gasteiger partial charge in [-0.1, -0.05) is 96.5 Å². The lowest BCUT2D eigenvalue weighted by molar-refractivity contribution is -0.0149. The van der Waals surface area contributed by atoms with Crippen LogP contribution in [-0.4, -0.2) is 39.2 Å². The van der Waals surface area contributed by atoms with Gasteiger partial charge in [-0.15, -0.1) is 0 Å². The quantitative estimate of drug-likeness (QED) is 0.143. The summed E-state index contributed by atoms with van der Waals surface area (Å²) in [5.74, 6) is 0.763. The fraction of sp³-hybridized carbons (Fsp3) is 0.474. The number of aliphatic hydroxyl groups is 4.